The number of nitrogens with two attached hydrogens (primary N) is 1. The summed E-state index contributed by atoms with van der Waals surface area (Å²) in [6.45, 7) is 0.808. The monoisotopic (exact) mass is 459 g/mol. The Balaban J connectivity index is 1.55. The molecule has 0 bridgehead atoms. The van der Waals surface area contributed by atoms with Crippen LogP contribution in [0.15, 0.2) is 60.8 Å². The summed E-state index contributed by atoms with van der Waals surface area (Å²) in [5.74, 6) is -1.20. The Morgan fingerprint density at radius 2 is 1.94 bits per heavy atom. The van der Waals surface area contributed by atoms with E-state index >= 15 is 0 Å². The number of amides is 2. The number of ether oxygens (including phenoxy) is 1. The molecule has 174 valence electrons. The number of esters is 1. The standard InChI is InChI=1S/C25H25N5O4/c1-34-25(33)20-11-6-12-30(20)24(32)21-22(26)27-15-19(29-21)17-9-5-10-18(13-17)23(31)28-14-16-7-3-2-4-8-16/h2-5,7-10,13,15,20H,6,11-12,14H2,1H3,(H2,26,27)(H,28,31)/t20-/m0/s1. The van der Waals surface area contributed by atoms with Crippen LogP contribution in [0.25, 0.3) is 11.3 Å². The van der Waals surface area contributed by atoms with Crippen molar-refractivity contribution in [3.63, 3.8) is 0 Å². The van der Waals surface area contributed by atoms with Crippen molar-refractivity contribution in [2.75, 3.05) is 19.4 Å². The summed E-state index contributed by atoms with van der Waals surface area (Å²) in [5.41, 5.74) is 8.37. The van der Waals surface area contributed by atoms with Crippen molar-refractivity contribution in [1.82, 2.24) is 20.2 Å². The number of hydrogen-bond acceptors (Lipinski definition) is 7. The van der Waals surface area contributed by atoms with Crippen LogP contribution < -0.4 is 11.1 Å². The Kier molecular flexibility index (Phi) is 6.82. The Labute approximate surface area is 197 Å². The number of nitrogens with one attached hydrogen (secondary N) is 1. The number of rotatable bonds is 6. The van der Waals surface area contributed by atoms with E-state index in [0.717, 1.165) is 5.56 Å². The molecule has 4 rings (SSSR count). The number of benzene rings is 2. The van der Waals surface area contributed by atoms with Crippen molar-refractivity contribution >= 4 is 23.6 Å². The molecule has 1 fully saturated rings. The fourth-order valence-corrected chi connectivity index (χ4v) is 3.92. The Bertz CT molecular complexity index is 1210. The van der Waals surface area contributed by atoms with Gasteiger partial charge in [0.1, 0.15) is 6.04 Å². The zero-order valence-corrected chi connectivity index (χ0v) is 18.7. The number of methoxy groups -OCH3 is 1. The van der Waals surface area contributed by atoms with Crippen LogP contribution in [0.4, 0.5) is 5.82 Å². The Morgan fingerprint density at radius 3 is 2.71 bits per heavy atom. The third kappa shape index (κ3) is 4.88. The molecule has 0 radical (unpaired) electrons. The molecule has 1 atom stereocenters. The van der Waals surface area contributed by atoms with Crippen LogP contribution in [0.2, 0.25) is 0 Å². The molecule has 1 saturated heterocycles. The van der Waals surface area contributed by atoms with Crippen LogP contribution in [-0.2, 0) is 16.1 Å². The van der Waals surface area contributed by atoms with Crippen molar-refractivity contribution in [1.29, 1.82) is 0 Å². The van der Waals surface area contributed by atoms with E-state index in [1.807, 2.05) is 30.3 Å². The van der Waals surface area contributed by atoms with Crippen LogP contribution in [0.1, 0.15) is 39.3 Å². The molecule has 3 N–H and O–H groups in total. The molecule has 1 aromatic heterocycles. The van der Waals surface area contributed by atoms with Crippen molar-refractivity contribution in [3.05, 3.63) is 77.6 Å². The van der Waals surface area contributed by atoms with Gasteiger partial charge in [-0.25, -0.2) is 14.8 Å². The second-order valence-corrected chi connectivity index (χ2v) is 7.92. The van der Waals surface area contributed by atoms with E-state index in [1.54, 1.807) is 24.3 Å². The highest BCUT2D eigenvalue weighted by Gasteiger charge is 2.36. The summed E-state index contributed by atoms with van der Waals surface area (Å²) < 4.78 is 4.82. The van der Waals surface area contributed by atoms with Gasteiger partial charge in [-0.3, -0.25) is 9.59 Å². The zero-order valence-electron chi connectivity index (χ0n) is 18.7. The van der Waals surface area contributed by atoms with Gasteiger partial charge in [0.05, 0.1) is 19.0 Å². The number of carbonyl (C=O) groups is 3. The molecule has 9 heteroatoms. The van der Waals surface area contributed by atoms with Crippen molar-refractivity contribution in [2.24, 2.45) is 0 Å². The zero-order chi connectivity index (χ0) is 24.1. The third-order valence-electron chi connectivity index (χ3n) is 5.71. The minimum atomic E-state index is -0.668. The molecule has 0 unspecified atom stereocenters. The second kappa shape index (κ2) is 10.1. The lowest BCUT2D eigenvalue weighted by Crippen LogP contribution is -2.41. The molecule has 3 aromatic rings. The van der Waals surface area contributed by atoms with E-state index in [4.69, 9.17) is 10.5 Å². The van der Waals surface area contributed by atoms with Gasteiger partial charge >= 0.3 is 5.97 Å². The Hall–Kier alpha value is -4.27. The summed E-state index contributed by atoms with van der Waals surface area (Å²) >= 11 is 0. The van der Waals surface area contributed by atoms with Crippen LogP contribution in [-0.4, -0.2) is 52.3 Å². The molecule has 2 heterocycles. The van der Waals surface area contributed by atoms with E-state index < -0.39 is 17.9 Å². The van der Waals surface area contributed by atoms with Gasteiger partial charge in [0.15, 0.2) is 11.5 Å². The van der Waals surface area contributed by atoms with Gasteiger partial charge in [0.2, 0.25) is 0 Å². The number of hydrogen-bond donors (Lipinski definition) is 2. The molecule has 0 spiro atoms. The SMILES string of the molecule is COC(=O)[C@@H]1CCCN1C(=O)c1nc(-c2cccc(C(=O)NCc3ccccc3)c2)cnc1N. The number of nitrogens with zero attached hydrogens (tertiary/aromatic N) is 3. The molecule has 9 nitrogen and oxygen atoms in total. The summed E-state index contributed by atoms with van der Waals surface area (Å²) in [6.07, 6.45) is 2.65. The number of likely N-dealkylation sites (tertiary alicyclic amines) is 1. The highest BCUT2D eigenvalue weighted by molar-refractivity contribution is 5.99. The van der Waals surface area contributed by atoms with Crippen LogP contribution in [0.3, 0.4) is 0 Å². The maximum Gasteiger partial charge on any atom is 0.328 e. The van der Waals surface area contributed by atoms with Crippen molar-refractivity contribution in [2.45, 2.75) is 25.4 Å². The van der Waals surface area contributed by atoms with E-state index in [9.17, 15) is 14.4 Å². The average molecular weight is 460 g/mol. The number of aromatic nitrogens is 2. The lowest BCUT2D eigenvalue weighted by molar-refractivity contribution is -0.145. The fourth-order valence-electron chi connectivity index (χ4n) is 3.92. The number of anilines is 1. The normalized spacial score (nSPS) is 15.1. The summed E-state index contributed by atoms with van der Waals surface area (Å²) in [6, 6.07) is 15.8. The summed E-state index contributed by atoms with van der Waals surface area (Å²) in [7, 11) is 1.29. The van der Waals surface area contributed by atoms with E-state index in [-0.39, 0.29) is 17.4 Å². The molecule has 0 aliphatic carbocycles. The third-order valence-corrected chi connectivity index (χ3v) is 5.71. The maximum atomic E-state index is 13.1. The van der Waals surface area contributed by atoms with Crippen LogP contribution in [0.5, 0.6) is 0 Å². The molecule has 2 amide bonds. The first-order valence-electron chi connectivity index (χ1n) is 10.9. The van der Waals surface area contributed by atoms with Gasteiger partial charge in [-0.2, -0.15) is 0 Å². The Morgan fingerprint density at radius 1 is 1.15 bits per heavy atom. The van der Waals surface area contributed by atoms with Crippen LogP contribution in [0, 0.1) is 0 Å². The molecular formula is C25H25N5O4. The molecule has 1 aliphatic heterocycles. The van der Waals surface area contributed by atoms with Gasteiger partial charge in [-0.1, -0.05) is 42.5 Å². The molecule has 1 aliphatic rings. The quantitative estimate of drug-likeness (QED) is 0.542. The van der Waals surface area contributed by atoms with Gasteiger partial charge in [0.25, 0.3) is 11.8 Å². The summed E-state index contributed by atoms with van der Waals surface area (Å²) in [4.78, 5) is 47.9. The highest BCUT2D eigenvalue weighted by Crippen LogP contribution is 2.24. The average Bonchev–Trinajstić information content (AvgIpc) is 3.37. The molecular weight excluding hydrogens is 434 g/mol. The van der Waals surface area contributed by atoms with Crippen molar-refractivity contribution in [3.8, 4) is 11.3 Å². The first kappa shape index (κ1) is 22.9. The smallest absolute Gasteiger partial charge is 0.328 e. The van der Waals surface area contributed by atoms with Gasteiger partial charge in [-0.05, 0) is 30.5 Å². The van der Waals surface area contributed by atoms with Gasteiger partial charge in [0, 0.05) is 24.2 Å². The van der Waals surface area contributed by atoms with Gasteiger partial charge in [-0.15, -0.1) is 0 Å². The topological polar surface area (TPSA) is 128 Å². The van der Waals surface area contributed by atoms with E-state index in [2.05, 4.69) is 15.3 Å². The maximum absolute atomic E-state index is 13.1. The number of nitrogen functional groups attached to an aromatic ring is 1. The predicted octanol–water partition coefficient (Wildman–Crippen LogP) is 2.43. The largest absolute Gasteiger partial charge is 0.467 e. The minimum Gasteiger partial charge on any atom is -0.467 e. The number of carbonyl (C=O) groups excluding carboxylic acids is 3. The lowest BCUT2D eigenvalue weighted by Gasteiger charge is -2.22. The molecule has 2 aromatic carbocycles. The first-order valence-corrected chi connectivity index (χ1v) is 10.9. The van der Waals surface area contributed by atoms with E-state index in [1.165, 1.54) is 18.2 Å². The second-order valence-electron chi connectivity index (χ2n) is 7.92. The van der Waals surface area contributed by atoms with Crippen LogP contribution >= 0.6 is 0 Å². The van der Waals surface area contributed by atoms with Crippen molar-refractivity contribution < 1.29 is 19.1 Å². The molecule has 0 saturated carbocycles. The predicted molar refractivity (Wildman–Crippen MR) is 126 cm³/mol. The lowest BCUT2D eigenvalue weighted by atomic mass is 10.1. The van der Waals surface area contributed by atoms with Gasteiger partial charge < -0.3 is 20.7 Å². The summed E-state index contributed by atoms with van der Waals surface area (Å²) in [5, 5.41) is 2.89. The fraction of sp³-hybridized carbons (Fsp3) is 0.240. The highest BCUT2D eigenvalue weighted by atomic mass is 16.5. The molecule has 34 heavy (non-hydrogen) atoms. The minimum absolute atomic E-state index is 0.0268. The first-order chi connectivity index (χ1) is 16.5. The van der Waals surface area contributed by atoms with E-state index in [0.29, 0.717) is 42.8 Å².